The van der Waals surface area contributed by atoms with Gasteiger partial charge in [-0.05, 0) is 17.7 Å². The van der Waals surface area contributed by atoms with Crippen LogP contribution in [0, 0.1) is 0 Å². The molecule has 2 aromatic carbocycles. The molecule has 6 heteroatoms. The van der Waals surface area contributed by atoms with Crippen molar-refractivity contribution in [1.29, 1.82) is 0 Å². The zero-order valence-electron chi connectivity index (χ0n) is 15.3. The zero-order chi connectivity index (χ0) is 19.3. The summed E-state index contributed by atoms with van der Waals surface area (Å²) >= 11 is 1.38. The average Bonchev–Trinajstić information content (AvgIpc) is 3.18. The van der Waals surface area contributed by atoms with E-state index in [4.69, 9.17) is 4.74 Å². The highest BCUT2D eigenvalue weighted by Gasteiger charge is 2.27. The smallest absolute Gasteiger partial charge is 0.257 e. The lowest BCUT2D eigenvalue weighted by Gasteiger charge is -2.27. The number of ether oxygens (including phenoxy) is 1. The van der Waals surface area contributed by atoms with Gasteiger partial charge in [-0.15, -0.1) is 11.3 Å². The Morgan fingerprint density at radius 3 is 2.25 bits per heavy atom. The topological polar surface area (TPSA) is 58.6 Å². The van der Waals surface area contributed by atoms with Crippen LogP contribution in [0.5, 0.6) is 0 Å². The number of rotatable bonds is 4. The lowest BCUT2D eigenvalue weighted by Crippen LogP contribution is -2.41. The van der Waals surface area contributed by atoms with Crippen LogP contribution in [0.25, 0.3) is 11.1 Å². The summed E-state index contributed by atoms with van der Waals surface area (Å²) in [7, 11) is 0. The van der Waals surface area contributed by atoms with Crippen molar-refractivity contribution >= 4 is 28.2 Å². The van der Waals surface area contributed by atoms with Gasteiger partial charge in [-0.1, -0.05) is 48.5 Å². The molecule has 3 aromatic rings. The molecule has 1 aliphatic heterocycles. The van der Waals surface area contributed by atoms with Gasteiger partial charge in [0.25, 0.3) is 11.8 Å². The van der Waals surface area contributed by atoms with E-state index in [-0.39, 0.29) is 11.8 Å². The summed E-state index contributed by atoms with van der Waals surface area (Å²) in [5.41, 5.74) is 2.89. The molecule has 4 rings (SSSR count). The van der Waals surface area contributed by atoms with Crippen LogP contribution in [0.15, 0.2) is 66.0 Å². The number of carbonyl (C=O) groups excluding carboxylic acids is 2. The normalized spacial score (nSPS) is 13.9. The third-order valence-corrected chi connectivity index (χ3v) is 5.55. The fourth-order valence-corrected chi connectivity index (χ4v) is 4.14. The van der Waals surface area contributed by atoms with Gasteiger partial charge < -0.3 is 15.0 Å². The highest BCUT2D eigenvalue weighted by Crippen LogP contribution is 2.37. The third-order valence-electron chi connectivity index (χ3n) is 4.65. The van der Waals surface area contributed by atoms with E-state index in [9.17, 15) is 9.59 Å². The van der Waals surface area contributed by atoms with E-state index >= 15 is 0 Å². The van der Waals surface area contributed by atoms with Gasteiger partial charge in [0.1, 0.15) is 5.00 Å². The standard InChI is InChI=1S/C22H20N2O3S/c25-20(17-9-5-2-6-10-17)23-21-19(22(26)24-11-13-27-14-12-24)18(15-28-21)16-7-3-1-4-8-16/h1-10,15H,11-14H2,(H,23,25). The molecule has 1 aromatic heterocycles. The molecule has 1 saturated heterocycles. The Morgan fingerprint density at radius 2 is 1.57 bits per heavy atom. The maximum Gasteiger partial charge on any atom is 0.257 e. The maximum absolute atomic E-state index is 13.3. The second-order valence-electron chi connectivity index (χ2n) is 6.44. The van der Waals surface area contributed by atoms with Crippen molar-refractivity contribution in [3.8, 4) is 11.1 Å². The van der Waals surface area contributed by atoms with E-state index in [1.54, 1.807) is 17.0 Å². The van der Waals surface area contributed by atoms with E-state index in [1.807, 2.05) is 53.9 Å². The SMILES string of the molecule is O=C(Nc1scc(-c2ccccc2)c1C(=O)N1CCOCC1)c1ccccc1. The number of nitrogens with zero attached hydrogens (tertiary/aromatic N) is 1. The molecule has 0 aliphatic carbocycles. The van der Waals surface area contributed by atoms with Crippen LogP contribution < -0.4 is 5.32 Å². The number of nitrogens with one attached hydrogen (secondary N) is 1. The lowest BCUT2D eigenvalue weighted by atomic mass is 10.0. The molecule has 2 heterocycles. The van der Waals surface area contributed by atoms with Crippen molar-refractivity contribution < 1.29 is 14.3 Å². The molecule has 0 unspecified atom stereocenters. The van der Waals surface area contributed by atoms with Crippen molar-refractivity contribution in [2.45, 2.75) is 0 Å². The van der Waals surface area contributed by atoms with Crippen LogP contribution >= 0.6 is 11.3 Å². The summed E-state index contributed by atoms with van der Waals surface area (Å²) in [6.45, 7) is 2.16. The van der Waals surface area contributed by atoms with Crippen LogP contribution in [0.1, 0.15) is 20.7 Å². The number of amides is 2. The fraction of sp³-hybridized carbons (Fsp3) is 0.182. The van der Waals surface area contributed by atoms with Gasteiger partial charge in [-0.2, -0.15) is 0 Å². The Bertz CT molecular complexity index is 964. The minimum atomic E-state index is -0.224. The summed E-state index contributed by atoms with van der Waals surface area (Å²) in [5.74, 6) is -0.301. The highest BCUT2D eigenvalue weighted by atomic mass is 32.1. The Labute approximate surface area is 167 Å². The van der Waals surface area contributed by atoms with Crippen molar-refractivity contribution in [1.82, 2.24) is 4.90 Å². The van der Waals surface area contributed by atoms with Gasteiger partial charge in [0.15, 0.2) is 0 Å². The largest absolute Gasteiger partial charge is 0.378 e. The lowest BCUT2D eigenvalue weighted by molar-refractivity contribution is 0.0304. The molecule has 1 fully saturated rings. The molecule has 0 saturated carbocycles. The monoisotopic (exact) mass is 392 g/mol. The van der Waals surface area contributed by atoms with Crippen molar-refractivity contribution in [3.05, 3.63) is 77.2 Å². The summed E-state index contributed by atoms with van der Waals surface area (Å²) < 4.78 is 5.37. The van der Waals surface area contributed by atoms with Crippen LogP contribution in [-0.4, -0.2) is 43.0 Å². The minimum Gasteiger partial charge on any atom is -0.378 e. The van der Waals surface area contributed by atoms with Gasteiger partial charge in [0.05, 0.1) is 18.8 Å². The van der Waals surface area contributed by atoms with Gasteiger partial charge in [-0.25, -0.2) is 0 Å². The van der Waals surface area contributed by atoms with Crippen LogP contribution in [0.3, 0.4) is 0 Å². The van der Waals surface area contributed by atoms with E-state index in [0.717, 1.165) is 11.1 Å². The van der Waals surface area contributed by atoms with E-state index in [0.29, 0.717) is 42.4 Å². The summed E-state index contributed by atoms with van der Waals surface area (Å²) in [5, 5.41) is 5.45. The maximum atomic E-state index is 13.3. The van der Waals surface area contributed by atoms with Gasteiger partial charge >= 0.3 is 0 Å². The molecule has 28 heavy (non-hydrogen) atoms. The number of anilines is 1. The molecule has 0 radical (unpaired) electrons. The second kappa shape index (κ2) is 8.37. The number of carbonyl (C=O) groups is 2. The van der Waals surface area contributed by atoms with Crippen molar-refractivity contribution in [2.24, 2.45) is 0 Å². The number of hydrogen-bond donors (Lipinski definition) is 1. The first-order chi connectivity index (χ1) is 13.7. The Balaban J connectivity index is 1.70. The highest BCUT2D eigenvalue weighted by molar-refractivity contribution is 7.15. The van der Waals surface area contributed by atoms with Gasteiger partial charge in [-0.3, -0.25) is 9.59 Å². The van der Waals surface area contributed by atoms with Crippen LogP contribution in [0.4, 0.5) is 5.00 Å². The van der Waals surface area contributed by atoms with Crippen LogP contribution in [0.2, 0.25) is 0 Å². The van der Waals surface area contributed by atoms with E-state index < -0.39 is 0 Å². The predicted octanol–water partition coefficient (Wildman–Crippen LogP) is 4.14. The first kappa shape index (κ1) is 18.4. The number of hydrogen-bond acceptors (Lipinski definition) is 4. The first-order valence-electron chi connectivity index (χ1n) is 9.14. The second-order valence-corrected chi connectivity index (χ2v) is 7.32. The molecule has 0 spiro atoms. The molecule has 142 valence electrons. The van der Waals surface area contributed by atoms with E-state index in [2.05, 4.69) is 5.32 Å². The molecular formula is C22H20N2O3S. The molecule has 2 amide bonds. The summed E-state index contributed by atoms with van der Waals surface area (Å²) in [6.07, 6.45) is 0. The quantitative estimate of drug-likeness (QED) is 0.726. The number of morpholine rings is 1. The van der Waals surface area contributed by atoms with Gasteiger partial charge in [0.2, 0.25) is 0 Å². The molecule has 5 nitrogen and oxygen atoms in total. The Kier molecular flexibility index (Phi) is 5.50. The summed E-state index contributed by atoms with van der Waals surface area (Å²) in [4.78, 5) is 27.8. The number of benzene rings is 2. The third kappa shape index (κ3) is 3.83. The molecule has 0 bridgehead atoms. The predicted molar refractivity (Wildman–Crippen MR) is 111 cm³/mol. The van der Waals surface area contributed by atoms with Crippen molar-refractivity contribution in [2.75, 3.05) is 31.6 Å². The van der Waals surface area contributed by atoms with Crippen LogP contribution in [-0.2, 0) is 4.74 Å². The zero-order valence-corrected chi connectivity index (χ0v) is 16.1. The Hall–Kier alpha value is -2.96. The average molecular weight is 392 g/mol. The van der Waals surface area contributed by atoms with E-state index in [1.165, 1.54) is 11.3 Å². The summed E-state index contributed by atoms with van der Waals surface area (Å²) in [6, 6.07) is 18.8. The first-order valence-corrected chi connectivity index (χ1v) is 10.0. The van der Waals surface area contributed by atoms with Gasteiger partial charge in [0, 0.05) is 29.6 Å². The molecular weight excluding hydrogens is 372 g/mol. The minimum absolute atomic E-state index is 0.0771. The molecule has 1 N–H and O–H groups in total. The molecule has 1 aliphatic rings. The number of thiophene rings is 1. The Morgan fingerprint density at radius 1 is 0.929 bits per heavy atom. The van der Waals surface area contributed by atoms with Crippen molar-refractivity contribution in [3.63, 3.8) is 0 Å². The fourth-order valence-electron chi connectivity index (χ4n) is 3.18. The molecule has 0 atom stereocenters.